The van der Waals surface area contributed by atoms with E-state index in [0.717, 1.165) is 0 Å². The Balaban J connectivity index is 1.69. The van der Waals surface area contributed by atoms with Crippen molar-refractivity contribution in [1.29, 1.82) is 0 Å². The first-order valence-electron chi connectivity index (χ1n) is 10.6. The third-order valence-corrected chi connectivity index (χ3v) is 6.08. The maximum Gasteiger partial charge on any atom is 0.189 e. The molecule has 0 bridgehead atoms. The molecule has 3 aliphatic heterocycles. The van der Waals surface area contributed by atoms with Gasteiger partial charge >= 0.3 is 0 Å². The van der Waals surface area contributed by atoms with Crippen LogP contribution in [-0.4, -0.2) is 168 Å². The summed E-state index contributed by atoms with van der Waals surface area (Å²) in [6.07, 6.45) is -25.1. The first kappa shape index (κ1) is 27.9. The van der Waals surface area contributed by atoms with Gasteiger partial charge in [0.05, 0.1) is 19.8 Å². The highest BCUT2D eigenvalue weighted by Crippen LogP contribution is 2.31. The SMILES string of the molecule is OC[C@H]1O[C@H](O[C@@H]2O[C@H](CO)[C@@H](O[C@H]3O[C@H](CO)[C@@H](O)[C@H](O)[C@H]3O)[C@H](O)[C@H]2O)[C@H](O)[C@@H](O)[C@@H]1O. The van der Waals surface area contributed by atoms with Gasteiger partial charge in [-0.1, -0.05) is 0 Å². The molecule has 0 saturated carbocycles. The molecular weight excluding hydrogens is 472 g/mol. The first-order chi connectivity index (χ1) is 16.0. The molecule has 200 valence electrons. The Bertz CT molecular complexity index is 635. The Kier molecular flexibility index (Phi) is 9.54. The Morgan fingerprint density at radius 3 is 1.18 bits per heavy atom. The van der Waals surface area contributed by atoms with Crippen molar-refractivity contribution < 1.29 is 79.9 Å². The number of aliphatic hydroxyl groups excluding tert-OH is 11. The van der Waals surface area contributed by atoms with E-state index in [0.29, 0.717) is 0 Å². The van der Waals surface area contributed by atoms with E-state index in [4.69, 9.17) is 23.7 Å². The predicted octanol–water partition coefficient (Wildman–Crippen LogP) is -7.57. The highest BCUT2D eigenvalue weighted by molar-refractivity contribution is 4.95. The molecule has 0 radical (unpaired) electrons. The van der Waals surface area contributed by atoms with Gasteiger partial charge in [0, 0.05) is 0 Å². The van der Waals surface area contributed by atoms with Crippen LogP contribution >= 0.6 is 0 Å². The summed E-state index contributed by atoms with van der Waals surface area (Å²) in [5.74, 6) is 0. The van der Waals surface area contributed by atoms with Crippen LogP contribution < -0.4 is 0 Å². The zero-order valence-corrected chi connectivity index (χ0v) is 17.7. The summed E-state index contributed by atoms with van der Waals surface area (Å²) >= 11 is 0. The lowest BCUT2D eigenvalue weighted by atomic mass is 9.96. The Hall–Kier alpha value is -0.640. The van der Waals surface area contributed by atoms with Crippen LogP contribution in [0.15, 0.2) is 0 Å². The quantitative estimate of drug-likeness (QED) is 0.154. The van der Waals surface area contributed by atoms with Crippen LogP contribution in [0.3, 0.4) is 0 Å². The lowest BCUT2D eigenvalue weighted by Gasteiger charge is -2.47. The first-order valence-corrected chi connectivity index (χ1v) is 10.6. The van der Waals surface area contributed by atoms with Crippen LogP contribution in [0.4, 0.5) is 0 Å². The molecule has 3 aliphatic rings. The topological polar surface area (TPSA) is 269 Å². The standard InChI is InChI=1S/C18H32O16/c19-1-4-7(22)9(24)12(27)16(30-4)33-15-6(3-21)32-18(14(29)11(15)26)34-17-13(28)10(25)8(23)5(2-20)31-17/h4-29H,1-3H2/t4-,5-,6-,7-,8-,9+,10+,11-,12-,13-,14-,15-,16-,17-,18+/m1/s1. The molecule has 16 nitrogen and oxygen atoms in total. The van der Waals surface area contributed by atoms with Crippen LogP contribution in [0.1, 0.15) is 0 Å². The third kappa shape index (κ3) is 5.37. The Labute approximate surface area is 192 Å². The summed E-state index contributed by atoms with van der Waals surface area (Å²) in [5.41, 5.74) is 0. The molecule has 3 heterocycles. The van der Waals surface area contributed by atoms with Gasteiger partial charge in [-0.05, 0) is 0 Å². The number of ether oxygens (including phenoxy) is 5. The predicted molar refractivity (Wildman–Crippen MR) is 101 cm³/mol. The molecule has 0 aromatic heterocycles. The fourth-order valence-corrected chi connectivity index (χ4v) is 3.98. The summed E-state index contributed by atoms with van der Waals surface area (Å²) < 4.78 is 26.5. The minimum Gasteiger partial charge on any atom is -0.394 e. The number of aliphatic hydroxyl groups is 11. The van der Waals surface area contributed by atoms with Gasteiger partial charge in [0.25, 0.3) is 0 Å². The van der Waals surface area contributed by atoms with Crippen molar-refractivity contribution in [3.8, 4) is 0 Å². The molecule has 3 fully saturated rings. The molecular formula is C18H32O16. The van der Waals surface area contributed by atoms with Crippen LogP contribution in [0, 0.1) is 0 Å². The maximum atomic E-state index is 10.6. The van der Waals surface area contributed by atoms with Gasteiger partial charge in [-0.25, -0.2) is 0 Å². The zero-order valence-electron chi connectivity index (χ0n) is 17.7. The van der Waals surface area contributed by atoms with E-state index in [1.54, 1.807) is 0 Å². The zero-order chi connectivity index (χ0) is 25.3. The second kappa shape index (κ2) is 11.6. The molecule has 16 heteroatoms. The van der Waals surface area contributed by atoms with Gasteiger partial charge in [-0.15, -0.1) is 0 Å². The minimum atomic E-state index is -1.91. The van der Waals surface area contributed by atoms with Crippen molar-refractivity contribution in [2.75, 3.05) is 19.8 Å². The van der Waals surface area contributed by atoms with Crippen molar-refractivity contribution >= 4 is 0 Å². The fourth-order valence-electron chi connectivity index (χ4n) is 3.98. The van der Waals surface area contributed by atoms with Gasteiger partial charge in [0.1, 0.15) is 73.2 Å². The lowest BCUT2D eigenvalue weighted by molar-refractivity contribution is -0.391. The van der Waals surface area contributed by atoms with Crippen molar-refractivity contribution in [1.82, 2.24) is 0 Å². The van der Waals surface area contributed by atoms with E-state index in [1.807, 2.05) is 0 Å². The number of rotatable bonds is 7. The summed E-state index contributed by atoms with van der Waals surface area (Å²) in [4.78, 5) is 0. The molecule has 0 spiro atoms. The van der Waals surface area contributed by atoms with E-state index in [-0.39, 0.29) is 0 Å². The third-order valence-electron chi connectivity index (χ3n) is 6.08. The lowest BCUT2D eigenvalue weighted by Crippen LogP contribution is -2.66. The molecule has 3 rings (SSSR count). The summed E-state index contributed by atoms with van der Waals surface area (Å²) in [7, 11) is 0. The molecule has 0 aromatic carbocycles. The van der Waals surface area contributed by atoms with Crippen LogP contribution in [0.5, 0.6) is 0 Å². The second-order valence-corrected chi connectivity index (χ2v) is 8.34. The average Bonchev–Trinajstić information content (AvgIpc) is 2.83. The highest BCUT2D eigenvalue weighted by atomic mass is 16.8. The average molecular weight is 504 g/mol. The smallest absolute Gasteiger partial charge is 0.189 e. The van der Waals surface area contributed by atoms with Crippen molar-refractivity contribution in [3.63, 3.8) is 0 Å². The van der Waals surface area contributed by atoms with Gasteiger partial charge in [-0.2, -0.15) is 0 Å². The molecule has 11 N–H and O–H groups in total. The van der Waals surface area contributed by atoms with Crippen LogP contribution in [-0.2, 0) is 23.7 Å². The molecule has 34 heavy (non-hydrogen) atoms. The summed E-state index contributed by atoms with van der Waals surface area (Å²) in [6.45, 7) is -2.30. The number of hydrogen-bond donors (Lipinski definition) is 11. The van der Waals surface area contributed by atoms with E-state index in [9.17, 15) is 56.2 Å². The maximum absolute atomic E-state index is 10.6. The summed E-state index contributed by atoms with van der Waals surface area (Å²) in [6, 6.07) is 0. The molecule has 15 atom stereocenters. The van der Waals surface area contributed by atoms with Crippen LogP contribution in [0.25, 0.3) is 0 Å². The molecule has 3 saturated heterocycles. The van der Waals surface area contributed by atoms with E-state index >= 15 is 0 Å². The van der Waals surface area contributed by atoms with Gasteiger partial charge in [0.2, 0.25) is 0 Å². The van der Waals surface area contributed by atoms with Gasteiger partial charge < -0.3 is 79.9 Å². The van der Waals surface area contributed by atoms with Gasteiger partial charge in [0.15, 0.2) is 18.9 Å². The molecule has 0 amide bonds. The van der Waals surface area contributed by atoms with Crippen molar-refractivity contribution in [2.45, 2.75) is 92.1 Å². The van der Waals surface area contributed by atoms with Crippen molar-refractivity contribution in [3.05, 3.63) is 0 Å². The van der Waals surface area contributed by atoms with E-state index < -0.39 is 112 Å². The van der Waals surface area contributed by atoms with Crippen LogP contribution in [0.2, 0.25) is 0 Å². The fraction of sp³-hybridized carbons (Fsp3) is 1.00. The summed E-state index contributed by atoms with van der Waals surface area (Å²) in [5, 5.41) is 109. The van der Waals surface area contributed by atoms with Gasteiger partial charge in [-0.3, -0.25) is 0 Å². The Morgan fingerprint density at radius 2 is 0.765 bits per heavy atom. The number of hydrogen-bond acceptors (Lipinski definition) is 16. The normalized spacial score (nSPS) is 52.5. The van der Waals surface area contributed by atoms with Crippen molar-refractivity contribution in [2.24, 2.45) is 0 Å². The largest absolute Gasteiger partial charge is 0.394 e. The molecule has 0 aromatic rings. The Morgan fingerprint density at radius 1 is 0.412 bits per heavy atom. The van der Waals surface area contributed by atoms with E-state index in [2.05, 4.69) is 0 Å². The second-order valence-electron chi connectivity index (χ2n) is 8.34. The highest BCUT2D eigenvalue weighted by Gasteiger charge is 2.52. The monoisotopic (exact) mass is 504 g/mol. The minimum absolute atomic E-state index is 0.740. The molecule has 0 aliphatic carbocycles. The van der Waals surface area contributed by atoms with E-state index in [1.165, 1.54) is 0 Å². The molecule has 0 unspecified atom stereocenters.